The molecule has 0 fully saturated rings. The van der Waals surface area contributed by atoms with Crippen molar-refractivity contribution < 1.29 is 32.5 Å². The fourth-order valence-corrected chi connectivity index (χ4v) is 2.44. The minimum Gasteiger partial charge on any atom is -0.508 e. The molecule has 1 unspecified atom stereocenters. The van der Waals surface area contributed by atoms with E-state index in [1.807, 2.05) is 0 Å². The van der Waals surface area contributed by atoms with Crippen LogP contribution < -0.4 is 14.2 Å². The minimum absolute atomic E-state index is 0.0706. The predicted octanol–water partition coefficient (Wildman–Crippen LogP) is 5.79. The number of rotatable bonds is 6. The molecular weight excluding hydrogens is 384 g/mol. The smallest absolute Gasteiger partial charge is 0.508 e. The van der Waals surface area contributed by atoms with Crippen LogP contribution in [0.3, 0.4) is 0 Å². The van der Waals surface area contributed by atoms with Crippen LogP contribution in [0.5, 0.6) is 23.0 Å². The van der Waals surface area contributed by atoms with E-state index in [1.165, 1.54) is 24.3 Å². The van der Waals surface area contributed by atoms with Gasteiger partial charge < -0.3 is 19.3 Å². The van der Waals surface area contributed by atoms with Crippen molar-refractivity contribution in [2.45, 2.75) is 26.0 Å². The fraction of sp³-hybridized carbons (Fsp3) is 0.250. The second-order valence-electron chi connectivity index (χ2n) is 4.83. The summed E-state index contributed by atoms with van der Waals surface area (Å²) in [7, 11) is 0. The van der Waals surface area contributed by atoms with E-state index in [1.54, 1.807) is 6.92 Å². The van der Waals surface area contributed by atoms with Crippen LogP contribution in [-0.4, -0.2) is 17.8 Å². The molecule has 136 valence electrons. The molecule has 0 saturated carbocycles. The third-order valence-corrected chi connectivity index (χ3v) is 3.43. The molecule has 0 heterocycles. The fourth-order valence-electron chi connectivity index (χ4n) is 1.88. The summed E-state index contributed by atoms with van der Waals surface area (Å²) in [6, 6.07) is 7.52. The number of phenolic OH excluding ortho intramolecular Hbond substituents is 1. The first-order chi connectivity index (χ1) is 11.7. The first-order valence-corrected chi connectivity index (χ1v) is 7.80. The number of ether oxygens (including phenoxy) is 3. The number of benzene rings is 2. The van der Waals surface area contributed by atoms with Crippen molar-refractivity contribution in [3.8, 4) is 23.0 Å². The van der Waals surface area contributed by atoms with Crippen molar-refractivity contribution in [1.82, 2.24) is 0 Å². The second-order valence-corrected chi connectivity index (χ2v) is 5.65. The van der Waals surface area contributed by atoms with Gasteiger partial charge in [-0.15, -0.1) is 13.2 Å². The van der Waals surface area contributed by atoms with E-state index >= 15 is 0 Å². The summed E-state index contributed by atoms with van der Waals surface area (Å²) < 4.78 is 51.7. The van der Waals surface area contributed by atoms with E-state index < -0.39 is 18.4 Å². The van der Waals surface area contributed by atoms with Crippen LogP contribution in [0, 0.1) is 0 Å². The standard InChI is InChI=1S/C16H13Cl2F3O4/c1-2-14(24-15-12(17)6-9(22)7-13(15)18)23-10-4-3-5-11(8-10)25-16(19,20)21/h3-8,14,22H,2H2,1H3. The van der Waals surface area contributed by atoms with Crippen molar-refractivity contribution in [2.75, 3.05) is 0 Å². The molecule has 4 nitrogen and oxygen atoms in total. The van der Waals surface area contributed by atoms with Gasteiger partial charge in [0, 0.05) is 24.6 Å². The van der Waals surface area contributed by atoms with Gasteiger partial charge in [-0.1, -0.05) is 36.2 Å². The van der Waals surface area contributed by atoms with Crippen molar-refractivity contribution in [2.24, 2.45) is 0 Å². The summed E-state index contributed by atoms with van der Waals surface area (Å²) >= 11 is 11.9. The largest absolute Gasteiger partial charge is 0.573 e. The molecule has 9 heteroatoms. The topological polar surface area (TPSA) is 47.9 Å². The Kier molecular flexibility index (Phi) is 6.13. The molecule has 2 aromatic carbocycles. The van der Waals surface area contributed by atoms with Crippen molar-refractivity contribution in [3.63, 3.8) is 0 Å². The number of hydrogen-bond acceptors (Lipinski definition) is 4. The molecule has 0 radical (unpaired) electrons. The maximum absolute atomic E-state index is 12.3. The summed E-state index contributed by atoms with van der Waals surface area (Å²) in [5.41, 5.74) is 0. The van der Waals surface area contributed by atoms with Crippen molar-refractivity contribution in [1.29, 1.82) is 0 Å². The average Bonchev–Trinajstić information content (AvgIpc) is 2.48. The Labute approximate surface area is 151 Å². The minimum atomic E-state index is -4.80. The highest BCUT2D eigenvalue weighted by molar-refractivity contribution is 6.37. The SMILES string of the molecule is CCC(Oc1cccc(OC(F)(F)F)c1)Oc1c(Cl)cc(O)cc1Cl. The van der Waals surface area contributed by atoms with E-state index in [0.717, 1.165) is 12.1 Å². The van der Waals surface area contributed by atoms with E-state index in [2.05, 4.69) is 4.74 Å². The van der Waals surface area contributed by atoms with Gasteiger partial charge in [-0.2, -0.15) is 0 Å². The van der Waals surface area contributed by atoms with Crippen LogP contribution in [0.15, 0.2) is 36.4 Å². The summed E-state index contributed by atoms with van der Waals surface area (Å²) in [4.78, 5) is 0. The Morgan fingerprint density at radius 2 is 1.64 bits per heavy atom. The number of hydrogen-bond donors (Lipinski definition) is 1. The lowest BCUT2D eigenvalue weighted by Gasteiger charge is -2.21. The summed E-state index contributed by atoms with van der Waals surface area (Å²) in [5.74, 6) is -0.343. The van der Waals surface area contributed by atoms with Crippen molar-refractivity contribution >= 4 is 23.2 Å². The van der Waals surface area contributed by atoms with E-state index in [0.29, 0.717) is 6.42 Å². The maximum Gasteiger partial charge on any atom is 0.573 e. The molecule has 0 aliphatic heterocycles. The molecule has 0 saturated heterocycles. The predicted molar refractivity (Wildman–Crippen MR) is 86.6 cm³/mol. The Morgan fingerprint density at radius 1 is 1.04 bits per heavy atom. The van der Waals surface area contributed by atoms with E-state index in [4.69, 9.17) is 32.7 Å². The normalized spacial score (nSPS) is 12.6. The van der Waals surface area contributed by atoms with Crippen molar-refractivity contribution in [3.05, 3.63) is 46.4 Å². The molecule has 2 aromatic rings. The van der Waals surface area contributed by atoms with Gasteiger partial charge >= 0.3 is 6.36 Å². The molecule has 25 heavy (non-hydrogen) atoms. The van der Waals surface area contributed by atoms with Crippen LogP contribution in [0.2, 0.25) is 10.0 Å². The van der Waals surface area contributed by atoms with Gasteiger partial charge in [-0.3, -0.25) is 0 Å². The highest BCUT2D eigenvalue weighted by atomic mass is 35.5. The molecule has 0 aliphatic rings. The first kappa shape index (κ1) is 19.3. The molecule has 0 bridgehead atoms. The van der Waals surface area contributed by atoms with Gasteiger partial charge in [0.2, 0.25) is 6.29 Å². The third kappa shape index (κ3) is 5.79. The van der Waals surface area contributed by atoms with Gasteiger partial charge in [0.25, 0.3) is 0 Å². The van der Waals surface area contributed by atoms with E-state index in [9.17, 15) is 18.3 Å². The van der Waals surface area contributed by atoms with Gasteiger partial charge in [-0.25, -0.2) is 0 Å². The van der Waals surface area contributed by atoms with E-state index in [-0.39, 0.29) is 27.3 Å². The van der Waals surface area contributed by atoms with Gasteiger partial charge in [-0.05, 0) is 12.1 Å². The van der Waals surface area contributed by atoms with Gasteiger partial charge in [0.1, 0.15) is 17.2 Å². The first-order valence-electron chi connectivity index (χ1n) is 7.05. The van der Waals surface area contributed by atoms with Crippen LogP contribution in [0.1, 0.15) is 13.3 Å². The lowest BCUT2D eigenvalue weighted by molar-refractivity contribution is -0.274. The number of aromatic hydroxyl groups is 1. The molecule has 0 spiro atoms. The lowest BCUT2D eigenvalue weighted by atomic mass is 10.3. The summed E-state index contributed by atoms with van der Waals surface area (Å²) in [6.45, 7) is 1.74. The number of phenols is 1. The zero-order valence-electron chi connectivity index (χ0n) is 12.8. The Hall–Kier alpha value is -1.99. The van der Waals surface area contributed by atoms with Crippen LogP contribution >= 0.6 is 23.2 Å². The van der Waals surface area contributed by atoms with Gasteiger partial charge in [0.15, 0.2) is 5.75 Å². The molecule has 0 aliphatic carbocycles. The molecule has 2 rings (SSSR count). The highest BCUT2D eigenvalue weighted by Gasteiger charge is 2.31. The molecule has 1 atom stereocenters. The molecular formula is C16H13Cl2F3O4. The van der Waals surface area contributed by atoms with Crippen LogP contribution in [0.4, 0.5) is 13.2 Å². The monoisotopic (exact) mass is 396 g/mol. The van der Waals surface area contributed by atoms with Crippen LogP contribution in [-0.2, 0) is 0 Å². The molecule has 0 aromatic heterocycles. The third-order valence-electron chi connectivity index (χ3n) is 2.87. The molecule has 0 amide bonds. The zero-order valence-corrected chi connectivity index (χ0v) is 14.3. The zero-order chi connectivity index (χ0) is 18.6. The Bertz CT molecular complexity index is 715. The Morgan fingerprint density at radius 3 is 2.20 bits per heavy atom. The number of halogens is 5. The maximum atomic E-state index is 12.3. The lowest BCUT2D eigenvalue weighted by Crippen LogP contribution is -2.23. The number of alkyl halides is 3. The second kappa shape index (κ2) is 7.93. The van der Waals surface area contributed by atoms with Crippen LogP contribution in [0.25, 0.3) is 0 Å². The summed E-state index contributed by atoms with van der Waals surface area (Å²) in [6.07, 6.45) is -5.33. The van der Waals surface area contributed by atoms with Gasteiger partial charge in [0.05, 0.1) is 10.0 Å². The quantitative estimate of drug-likeness (QED) is 0.627. The summed E-state index contributed by atoms with van der Waals surface area (Å²) in [5, 5.41) is 9.55. The Balaban J connectivity index is 2.14. The highest BCUT2D eigenvalue weighted by Crippen LogP contribution is 2.37. The average molecular weight is 397 g/mol. The molecule has 1 N–H and O–H groups in total.